The van der Waals surface area contributed by atoms with E-state index in [4.69, 9.17) is 9.47 Å². The molecule has 0 aliphatic carbocycles. The lowest BCUT2D eigenvalue weighted by Gasteiger charge is -2.08. The van der Waals surface area contributed by atoms with Crippen molar-refractivity contribution in [3.05, 3.63) is 94.0 Å². The van der Waals surface area contributed by atoms with E-state index in [1.54, 1.807) is 30.5 Å². The van der Waals surface area contributed by atoms with Crippen molar-refractivity contribution >= 4 is 28.1 Å². The van der Waals surface area contributed by atoms with Gasteiger partial charge in [0.1, 0.15) is 18.1 Å². The summed E-state index contributed by atoms with van der Waals surface area (Å²) < 4.78 is 12.2. The van der Waals surface area contributed by atoms with E-state index < -0.39 is 0 Å². The Balaban J connectivity index is 1.57. The quantitative estimate of drug-likeness (QED) is 0.377. The van der Waals surface area contributed by atoms with Gasteiger partial charge in [-0.05, 0) is 55.0 Å². The Labute approximate surface area is 178 Å². The lowest BCUT2D eigenvalue weighted by Crippen LogP contribution is -2.17. The van der Waals surface area contributed by atoms with E-state index in [1.807, 2.05) is 55.5 Å². The topological polar surface area (TPSA) is 59.9 Å². The molecule has 0 saturated carbocycles. The number of hydrazone groups is 1. The summed E-state index contributed by atoms with van der Waals surface area (Å²) in [4.78, 5) is 12.3. The number of rotatable bonds is 8. The molecule has 0 atom stereocenters. The standard InChI is InChI=1S/C23H21BrN2O3/c1-2-28-22-13-10-20(24)14-19(22)15-25-26-23(27)18-8-11-21(12-9-18)29-16-17-6-4-3-5-7-17/h3-15H,2,16H2,1H3,(H,26,27). The van der Waals surface area contributed by atoms with Crippen LogP contribution in [0.25, 0.3) is 0 Å². The van der Waals surface area contributed by atoms with Crippen molar-refractivity contribution in [3.8, 4) is 11.5 Å². The molecule has 148 valence electrons. The van der Waals surface area contributed by atoms with Crippen LogP contribution in [0.3, 0.4) is 0 Å². The van der Waals surface area contributed by atoms with E-state index in [2.05, 4.69) is 26.5 Å². The first-order valence-electron chi connectivity index (χ1n) is 9.18. The van der Waals surface area contributed by atoms with Crippen molar-refractivity contribution in [2.45, 2.75) is 13.5 Å². The zero-order valence-corrected chi connectivity index (χ0v) is 17.6. The molecular weight excluding hydrogens is 432 g/mol. The van der Waals surface area contributed by atoms with E-state index in [1.165, 1.54) is 0 Å². The summed E-state index contributed by atoms with van der Waals surface area (Å²) in [6.07, 6.45) is 1.56. The minimum absolute atomic E-state index is 0.302. The fraction of sp³-hybridized carbons (Fsp3) is 0.130. The monoisotopic (exact) mass is 452 g/mol. The minimum Gasteiger partial charge on any atom is -0.493 e. The summed E-state index contributed by atoms with van der Waals surface area (Å²) in [6.45, 7) is 2.94. The van der Waals surface area contributed by atoms with E-state index >= 15 is 0 Å². The smallest absolute Gasteiger partial charge is 0.271 e. The van der Waals surface area contributed by atoms with E-state index in [9.17, 15) is 4.79 Å². The zero-order valence-electron chi connectivity index (χ0n) is 16.0. The Bertz CT molecular complexity index is 973. The van der Waals surface area contributed by atoms with Crippen molar-refractivity contribution in [2.75, 3.05) is 6.61 Å². The molecule has 5 nitrogen and oxygen atoms in total. The maximum absolute atomic E-state index is 12.3. The molecule has 0 saturated heterocycles. The average Bonchev–Trinajstić information content (AvgIpc) is 2.75. The summed E-state index contributed by atoms with van der Waals surface area (Å²) in [6, 6.07) is 22.5. The number of ether oxygens (including phenoxy) is 2. The highest BCUT2D eigenvalue weighted by Gasteiger charge is 2.06. The van der Waals surface area contributed by atoms with Gasteiger partial charge in [0.05, 0.1) is 12.8 Å². The Morgan fingerprint density at radius 3 is 2.52 bits per heavy atom. The van der Waals surface area contributed by atoms with Crippen molar-refractivity contribution in [2.24, 2.45) is 5.10 Å². The molecule has 3 rings (SSSR count). The molecule has 0 unspecified atom stereocenters. The number of hydrogen-bond acceptors (Lipinski definition) is 4. The second kappa shape index (κ2) is 10.4. The molecular formula is C23H21BrN2O3. The molecule has 0 aromatic heterocycles. The number of benzene rings is 3. The van der Waals surface area contributed by atoms with Gasteiger partial charge in [-0.2, -0.15) is 5.10 Å². The highest BCUT2D eigenvalue weighted by Crippen LogP contribution is 2.21. The van der Waals surface area contributed by atoms with Gasteiger partial charge in [0.25, 0.3) is 5.91 Å². The summed E-state index contributed by atoms with van der Waals surface area (Å²) in [5, 5.41) is 4.04. The van der Waals surface area contributed by atoms with Gasteiger partial charge in [0.2, 0.25) is 0 Å². The van der Waals surface area contributed by atoms with Gasteiger partial charge in [0.15, 0.2) is 0 Å². The molecule has 0 heterocycles. The van der Waals surface area contributed by atoms with Crippen LogP contribution in [0.15, 0.2) is 82.4 Å². The summed E-state index contributed by atoms with van der Waals surface area (Å²) in [5.74, 6) is 1.10. The number of halogens is 1. The maximum Gasteiger partial charge on any atom is 0.271 e. The number of nitrogens with one attached hydrogen (secondary N) is 1. The molecule has 29 heavy (non-hydrogen) atoms. The van der Waals surface area contributed by atoms with Crippen molar-refractivity contribution < 1.29 is 14.3 Å². The van der Waals surface area contributed by atoms with Gasteiger partial charge in [0, 0.05) is 15.6 Å². The Morgan fingerprint density at radius 1 is 1.03 bits per heavy atom. The van der Waals surface area contributed by atoms with Crippen LogP contribution in [0.2, 0.25) is 0 Å². The molecule has 1 amide bonds. The van der Waals surface area contributed by atoms with Gasteiger partial charge >= 0.3 is 0 Å². The van der Waals surface area contributed by atoms with Crippen LogP contribution >= 0.6 is 15.9 Å². The Morgan fingerprint density at radius 2 is 1.79 bits per heavy atom. The lowest BCUT2D eigenvalue weighted by molar-refractivity contribution is 0.0955. The molecule has 0 fully saturated rings. The van der Waals surface area contributed by atoms with Crippen molar-refractivity contribution in [1.82, 2.24) is 5.43 Å². The van der Waals surface area contributed by atoms with E-state index in [0.717, 1.165) is 15.6 Å². The largest absolute Gasteiger partial charge is 0.493 e. The summed E-state index contributed by atoms with van der Waals surface area (Å²) >= 11 is 3.42. The average molecular weight is 453 g/mol. The zero-order chi connectivity index (χ0) is 20.5. The minimum atomic E-state index is -0.302. The van der Waals surface area contributed by atoms with E-state index in [0.29, 0.717) is 30.3 Å². The fourth-order valence-electron chi connectivity index (χ4n) is 2.58. The molecule has 6 heteroatoms. The van der Waals surface area contributed by atoms with Gasteiger partial charge in [-0.15, -0.1) is 0 Å². The van der Waals surface area contributed by atoms with E-state index in [-0.39, 0.29) is 5.91 Å². The van der Waals surface area contributed by atoms with Crippen LogP contribution in [0.5, 0.6) is 11.5 Å². The van der Waals surface area contributed by atoms with Crippen LogP contribution in [-0.2, 0) is 6.61 Å². The van der Waals surface area contributed by atoms with Crippen LogP contribution in [0.4, 0.5) is 0 Å². The number of carbonyl (C=O) groups is 1. The summed E-state index contributed by atoms with van der Waals surface area (Å²) in [5.41, 5.74) is 4.88. The van der Waals surface area contributed by atoms with Crippen LogP contribution in [-0.4, -0.2) is 18.7 Å². The first kappa shape index (κ1) is 20.6. The second-order valence-corrected chi connectivity index (χ2v) is 7.03. The first-order chi connectivity index (χ1) is 14.2. The Kier molecular flexibility index (Phi) is 7.41. The van der Waals surface area contributed by atoms with Gasteiger partial charge in [-0.1, -0.05) is 46.3 Å². The number of carbonyl (C=O) groups excluding carboxylic acids is 1. The fourth-order valence-corrected chi connectivity index (χ4v) is 2.95. The third-order valence-electron chi connectivity index (χ3n) is 4.01. The molecule has 3 aromatic rings. The van der Waals surface area contributed by atoms with Gasteiger partial charge in [-0.25, -0.2) is 5.43 Å². The van der Waals surface area contributed by atoms with Gasteiger partial charge < -0.3 is 9.47 Å². The van der Waals surface area contributed by atoms with Crippen LogP contribution in [0, 0.1) is 0 Å². The number of hydrogen-bond donors (Lipinski definition) is 1. The van der Waals surface area contributed by atoms with Crippen molar-refractivity contribution in [1.29, 1.82) is 0 Å². The molecule has 0 bridgehead atoms. The highest BCUT2D eigenvalue weighted by molar-refractivity contribution is 9.10. The maximum atomic E-state index is 12.3. The molecule has 1 N–H and O–H groups in total. The number of nitrogens with zero attached hydrogens (tertiary/aromatic N) is 1. The normalized spacial score (nSPS) is 10.7. The predicted octanol–water partition coefficient (Wildman–Crippen LogP) is 5.19. The third-order valence-corrected chi connectivity index (χ3v) is 4.50. The predicted molar refractivity (Wildman–Crippen MR) is 118 cm³/mol. The Hall–Kier alpha value is -3.12. The van der Waals surface area contributed by atoms with Crippen LogP contribution in [0.1, 0.15) is 28.4 Å². The first-order valence-corrected chi connectivity index (χ1v) is 9.97. The second-order valence-electron chi connectivity index (χ2n) is 6.11. The van der Waals surface area contributed by atoms with Crippen LogP contribution < -0.4 is 14.9 Å². The molecule has 3 aromatic carbocycles. The SMILES string of the molecule is CCOc1ccc(Br)cc1C=NNC(=O)c1ccc(OCc2ccccc2)cc1. The third kappa shape index (κ3) is 6.19. The molecule has 0 spiro atoms. The summed E-state index contributed by atoms with van der Waals surface area (Å²) in [7, 11) is 0. The molecule has 0 radical (unpaired) electrons. The lowest BCUT2D eigenvalue weighted by atomic mass is 10.2. The molecule has 0 aliphatic heterocycles. The van der Waals surface area contributed by atoms with Crippen molar-refractivity contribution in [3.63, 3.8) is 0 Å². The number of amides is 1. The van der Waals surface area contributed by atoms with Gasteiger partial charge in [-0.3, -0.25) is 4.79 Å². The molecule has 0 aliphatic rings. The highest BCUT2D eigenvalue weighted by atomic mass is 79.9.